The van der Waals surface area contributed by atoms with E-state index in [2.05, 4.69) is 65.6 Å². The van der Waals surface area contributed by atoms with Gasteiger partial charge in [-0.2, -0.15) is 0 Å². The van der Waals surface area contributed by atoms with Crippen LogP contribution in [0.15, 0.2) is 29.6 Å². The van der Waals surface area contributed by atoms with E-state index in [0.717, 1.165) is 25.3 Å². The van der Waals surface area contributed by atoms with Crippen molar-refractivity contribution >= 4 is 11.3 Å². The zero-order valence-corrected chi connectivity index (χ0v) is 13.6. The molecule has 0 atom stereocenters. The molecule has 2 aromatic rings. The van der Waals surface area contributed by atoms with Crippen LogP contribution in [-0.2, 0) is 19.6 Å². The van der Waals surface area contributed by atoms with Gasteiger partial charge in [-0.15, -0.1) is 11.3 Å². The van der Waals surface area contributed by atoms with E-state index >= 15 is 0 Å². The summed E-state index contributed by atoms with van der Waals surface area (Å²) in [6.45, 7) is 4.91. The number of aryl methyl sites for hydroxylation is 1. The minimum absolute atomic E-state index is 0.915. The van der Waals surface area contributed by atoms with Crippen molar-refractivity contribution in [1.29, 1.82) is 0 Å². The van der Waals surface area contributed by atoms with Crippen molar-refractivity contribution in [3.05, 3.63) is 51.5 Å². The molecule has 0 amide bonds. The summed E-state index contributed by atoms with van der Waals surface area (Å²) < 4.78 is 0. The normalized spacial score (nSPS) is 11.5. The van der Waals surface area contributed by atoms with Crippen molar-refractivity contribution < 1.29 is 0 Å². The van der Waals surface area contributed by atoms with Gasteiger partial charge in [-0.1, -0.05) is 24.3 Å². The molecule has 0 unspecified atom stereocenters. The standard InChI is InChI=1S/C16H23N3S/c1-13-12-20-16(17-13)11-19(4)10-15-7-5-14(6-8-15)9-18(2)3/h5-8,12H,9-11H2,1-4H3. The van der Waals surface area contributed by atoms with Crippen LogP contribution < -0.4 is 0 Å². The second kappa shape index (κ2) is 6.97. The number of nitrogens with zero attached hydrogens (tertiary/aromatic N) is 3. The Hall–Kier alpha value is -1.23. The monoisotopic (exact) mass is 289 g/mol. The summed E-state index contributed by atoms with van der Waals surface area (Å²) in [5.41, 5.74) is 3.83. The van der Waals surface area contributed by atoms with Gasteiger partial charge >= 0.3 is 0 Å². The summed E-state index contributed by atoms with van der Waals surface area (Å²) in [5.74, 6) is 0. The maximum absolute atomic E-state index is 4.51. The molecule has 0 bridgehead atoms. The van der Waals surface area contributed by atoms with Crippen molar-refractivity contribution in [2.24, 2.45) is 0 Å². The predicted octanol–water partition coefficient (Wildman–Crippen LogP) is 3.15. The fourth-order valence-electron chi connectivity index (χ4n) is 2.19. The first kappa shape index (κ1) is 15.2. The number of thiazole rings is 1. The van der Waals surface area contributed by atoms with Crippen molar-refractivity contribution in [2.75, 3.05) is 21.1 Å². The molecular weight excluding hydrogens is 266 g/mol. The molecule has 4 heteroatoms. The van der Waals surface area contributed by atoms with Gasteiger partial charge in [0, 0.05) is 24.2 Å². The van der Waals surface area contributed by atoms with E-state index in [0.29, 0.717) is 0 Å². The van der Waals surface area contributed by atoms with E-state index in [9.17, 15) is 0 Å². The molecule has 1 heterocycles. The first-order chi connectivity index (χ1) is 9.52. The molecule has 0 saturated heterocycles. The summed E-state index contributed by atoms with van der Waals surface area (Å²) in [5, 5.41) is 3.30. The third kappa shape index (κ3) is 4.71. The summed E-state index contributed by atoms with van der Waals surface area (Å²) in [7, 11) is 6.33. The predicted molar refractivity (Wildman–Crippen MR) is 85.9 cm³/mol. The highest BCUT2D eigenvalue weighted by Gasteiger charge is 2.05. The maximum Gasteiger partial charge on any atom is 0.107 e. The third-order valence-corrected chi connectivity index (χ3v) is 4.00. The van der Waals surface area contributed by atoms with Gasteiger partial charge in [-0.3, -0.25) is 4.90 Å². The minimum Gasteiger partial charge on any atom is -0.305 e. The summed E-state index contributed by atoms with van der Waals surface area (Å²) in [6.07, 6.45) is 0. The van der Waals surface area contributed by atoms with E-state index in [4.69, 9.17) is 0 Å². The van der Waals surface area contributed by atoms with E-state index in [1.807, 2.05) is 6.92 Å². The quantitative estimate of drug-likeness (QED) is 0.814. The lowest BCUT2D eigenvalue weighted by atomic mass is 10.1. The summed E-state index contributed by atoms with van der Waals surface area (Å²) in [6, 6.07) is 8.89. The Balaban J connectivity index is 1.89. The zero-order chi connectivity index (χ0) is 14.5. The Kier molecular flexibility index (Phi) is 5.29. The molecule has 0 saturated carbocycles. The first-order valence-corrected chi connectivity index (χ1v) is 7.73. The topological polar surface area (TPSA) is 19.4 Å². The van der Waals surface area contributed by atoms with Crippen LogP contribution in [0.1, 0.15) is 21.8 Å². The smallest absolute Gasteiger partial charge is 0.107 e. The molecule has 3 nitrogen and oxygen atoms in total. The molecule has 0 aliphatic carbocycles. The van der Waals surface area contributed by atoms with Gasteiger partial charge in [0.15, 0.2) is 0 Å². The SMILES string of the molecule is Cc1csc(CN(C)Cc2ccc(CN(C)C)cc2)n1. The van der Waals surface area contributed by atoms with Gasteiger partial charge in [0.1, 0.15) is 5.01 Å². The second-order valence-corrected chi connectivity index (χ2v) is 6.55. The maximum atomic E-state index is 4.51. The average Bonchev–Trinajstić information content (AvgIpc) is 2.76. The van der Waals surface area contributed by atoms with Gasteiger partial charge in [0.2, 0.25) is 0 Å². The molecule has 0 N–H and O–H groups in total. The Morgan fingerprint density at radius 1 is 0.950 bits per heavy atom. The number of hydrogen-bond acceptors (Lipinski definition) is 4. The molecule has 1 aromatic heterocycles. The number of aromatic nitrogens is 1. The van der Waals surface area contributed by atoms with E-state index in [-0.39, 0.29) is 0 Å². The highest BCUT2D eigenvalue weighted by atomic mass is 32.1. The van der Waals surface area contributed by atoms with Gasteiger partial charge in [0.25, 0.3) is 0 Å². The van der Waals surface area contributed by atoms with Crippen molar-refractivity contribution in [3.8, 4) is 0 Å². The van der Waals surface area contributed by atoms with Gasteiger partial charge in [-0.25, -0.2) is 4.98 Å². The minimum atomic E-state index is 0.915. The van der Waals surface area contributed by atoms with E-state index in [1.54, 1.807) is 11.3 Å². The van der Waals surface area contributed by atoms with Gasteiger partial charge < -0.3 is 4.90 Å². The van der Waals surface area contributed by atoms with Crippen LogP contribution in [-0.4, -0.2) is 35.9 Å². The molecule has 0 aliphatic heterocycles. The van der Waals surface area contributed by atoms with Crippen LogP contribution in [0, 0.1) is 6.92 Å². The van der Waals surface area contributed by atoms with Crippen LogP contribution in [0.2, 0.25) is 0 Å². The Morgan fingerprint density at radius 3 is 2.05 bits per heavy atom. The lowest BCUT2D eigenvalue weighted by Gasteiger charge is -2.16. The van der Waals surface area contributed by atoms with Crippen molar-refractivity contribution in [2.45, 2.75) is 26.6 Å². The molecule has 2 rings (SSSR count). The lowest BCUT2D eigenvalue weighted by Crippen LogP contribution is -2.17. The molecule has 0 aliphatic rings. The number of rotatable bonds is 6. The molecule has 20 heavy (non-hydrogen) atoms. The Bertz CT molecular complexity index is 531. The molecule has 0 radical (unpaired) electrons. The third-order valence-electron chi connectivity index (χ3n) is 3.05. The fourth-order valence-corrected chi connectivity index (χ4v) is 3.04. The van der Waals surface area contributed by atoms with Crippen LogP contribution in [0.25, 0.3) is 0 Å². The van der Waals surface area contributed by atoms with Crippen LogP contribution in [0.3, 0.4) is 0 Å². The lowest BCUT2D eigenvalue weighted by molar-refractivity contribution is 0.318. The molecule has 0 spiro atoms. The molecule has 1 aromatic carbocycles. The van der Waals surface area contributed by atoms with Gasteiger partial charge in [-0.05, 0) is 39.2 Å². The first-order valence-electron chi connectivity index (χ1n) is 6.85. The number of hydrogen-bond donors (Lipinski definition) is 0. The fraction of sp³-hybridized carbons (Fsp3) is 0.438. The average molecular weight is 289 g/mol. The summed E-state index contributed by atoms with van der Waals surface area (Å²) >= 11 is 1.74. The number of benzene rings is 1. The summed E-state index contributed by atoms with van der Waals surface area (Å²) in [4.78, 5) is 9.00. The largest absolute Gasteiger partial charge is 0.305 e. The zero-order valence-electron chi connectivity index (χ0n) is 12.8. The van der Waals surface area contributed by atoms with Gasteiger partial charge in [0.05, 0.1) is 6.54 Å². The van der Waals surface area contributed by atoms with Crippen molar-refractivity contribution in [1.82, 2.24) is 14.8 Å². The molecule has 108 valence electrons. The Labute approximate surface area is 125 Å². The second-order valence-electron chi connectivity index (χ2n) is 5.61. The Morgan fingerprint density at radius 2 is 1.55 bits per heavy atom. The molecular formula is C16H23N3S. The molecule has 0 fully saturated rings. The van der Waals surface area contributed by atoms with Crippen LogP contribution in [0.4, 0.5) is 0 Å². The van der Waals surface area contributed by atoms with Crippen LogP contribution in [0.5, 0.6) is 0 Å². The highest BCUT2D eigenvalue weighted by molar-refractivity contribution is 7.09. The highest BCUT2D eigenvalue weighted by Crippen LogP contribution is 2.13. The van der Waals surface area contributed by atoms with Crippen molar-refractivity contribution in [3.63, 3.8) is 0 Å². The van der Waals surface area contributed by atoms with Crippen LogP contribution >= 0.6 is 11.3 Å². The van der Waals surface area contributed by atoms with E-state index in [1.165, 1.54) is 16.1 Å². The van der Waals surface area contributed by atoms with E-state index < -0.39 is 0 Å².